The van der Waals surface area contributed by atoms with E-state index in [1.165, 1.54) is 11.8 Å². The third-order valence-electron chi connectivity index (χ3n) is 2.48. The number of carbonyl (C=O) groups excluding carboxylic acids is 1. The summed E-state index contributed by atoms with van der Waals surface area (Å²) in [7, 11) is 0. The molecule has 21 heavy (non-hydrogen) atoms. The van der Waals surface area contributed by atoms with Crippen LogP contribution in [0.1, 0.15) is 19.4 Å². The molecule has 7 heteroatoms. The first-order valence-electron chi connectivity index (χ1n) is 6.50. The molecule has 1 heterocycles. The van der Waals surface area contributed by atoms with Gasteiger partial charge in [0.1, 0.15) is 5.75 Å². The Hall–Kier alpha value is -1.53. The summed E-state index contributed by atoms with van der Waals surface area (Å²) in [5, 5.41) is 11.6. The number of benzene rings is 1. The minimum Gasteiger partial charge on any atom is -0.493 e. The van der Waals surface area contributed by atoms with Crippen molar-refractivity contribution in [1.29, 1.82) is 0 Å². The van der Waals surface area contributed by atoms with Crippen LogP contribution in [0.5, 0.6) is 5.75 Å². The zero-order valence-electron chi connectivity index (χ0n) is 11.8. The summed E-state index contributed by atoms with van der Waals surface area (Å²) < 4.78 is 5.72. The van der Waals surface area contributed by atoms with E-state index in [4.69, 9.17) is 16.3 Å². The zero-order valence-corrected chi connectivity index (χ0v) is 13.4. The Morgan fingerprint density at radius 1 is 1.52 bits per heavy atom. The van der Waals surface area contributed by atoms with Crippen molar-refractivity contribution in [3.63, 3.8) is 0 Å². The third-order valence-corrected chi connectivity index (χ3v) is 3.57. The molecule has 0 unspecified atom stereocenters. The van der Waals surface area contributed by atoms with Crippen molar-refractivity contribution in [1.82, 2.24) is 5.32 Å². The van der Waals surface area contributed by atoms with Gasteiger partial charge in [-0.05, 0) is 24.1 Å². The molecular weight excluding hydrogens is 310 g/mol. The van der Waals surface area contributed by atoms with Gasteiger partial charge in [0.05, 0.1) is 18.6 Å². The van der Waals surface area contributed by atoms with Gasteiger partial charge in [0.2, 0.25) is 5.91 Å². The lowest BCUT2D eigenvalue weighted by Crippen LogP contribution is -2.19. The fourth-order valence-corrected chi connectivity index (χ4v) is 2.34. The monoisotopic (exact) mass is 325 g/mol. The Balaban J connectivity index is 2.10. The predicted octanol–water partition coefficient (Wildman–Crippen LogP) is 2.93. The van der Waals surface area contributed by atoms with E-state index < -0.39 is 0 Å². The summed E-state index contributed by atoms with van der Waals surface area (Å²) in [5.41, 5.74) is 0.752. The van der Waals surface area contributed by atoms with Gasteiger partial charge in [0, 0.05) is 10.6 Å². The maximum atomic E-state index is 11.0. The molecule has 0 spiro atoms. The molecule has 0 bridgehead atoms. The molecule has 1 amide bonds. The van der Waals surface area contributed by atoms with Gasteiger partial charge in [0.25, 0.3) is 0 Å². The summed E-state index contributed by atoms with van der Waals surface area (Å²) in [6.07, 6.45) is 1.57. The van der Waals surface area contributed by atoms with E-state index in [-0.39, 0.29) is 5.91 Å². The quantitative estimate of drug-likeness (QED) is 0.668. The molecule has 1 aromatic rings. The van der Waals surface area contributed by atoms with E-state index in [1.54, 1.807) is 18.3 Å². The molecule has 1 aliphatic rings. The SMILES string of the molecule is CC(C)COc1ccc(Cl)cc1C=NN=C1NC(=O)CS1. The van der Waals surface area contributed by atoms with Crippen LogP contribution in [0, 0.1) is 5.92 Å². The number of amidine groups is 1. The van der Waals surface area contributed by atoms with Crippen LogP contribution in [-0.2, 0) is 4.79 Å². The molecule has 1 fully saturated rings. The maximum Gasteiger partial charge on any atom is 0.236 e. The molecule has 1 aliphatic heterocycles. The van der Waals surface area contributed by atoms with E-state index in [2.05, 4.69) is 29.4 Å². The van der Waals surface area contributed by atoms with E-state index >= 15 is 0 Å². The van der Waals surface area contributed by atoms with Crippen LogP contribution in [0.3, 0.4) is 0 Å². The number of ether oxygens (including phenoxy) is 1. The Labute approximate surface area is 132 Å². The molecule has 0 atom stereocenters. The van der Waals surface area contributed by atoms with Crippen LogP contribution < -0.4 is 10.1 Å². The Morgan fingerprint density at radius 2 is 2.33 bits per heavy atom. The molecular formula is C14H16ClN3O2S. The summed E-state index contributed by atoms with van der Waals surface area (Å²) in [5.74, 6) is 1.46. The largest absolute Gasteiger partial charge is 0.493 e. The van der Waals surface area contributed by atoms with Crippen LogP contribution in [0.4, 0.5) is 0 Å². The minimum absolute atomic E-state index is 0.0577. The van der Waals surface area contributed by atoms with Crippen molar-refractivity contribution in [3.8, 4) is 5.75 Å². The average Bonchev–Trinajstić information content (AvgIpc) is 2.83. The van der Waals surface area contributed by atoms with Crippen LogP contribution in [0.25, 0.3) is 0 Å². The number of hydrogen-bond acceptors (Lipinski definition) is 5. The van der Waals surface area contributed by atoms with Crippen molar-refractivity contribution in [2.45, 2.75) is 13.8 Å². The van der Waals surface area contributed by atoms with Crippen LogP contribution in [0.2, 0.25) is 5.02 Å². The summed E-state index contributed by atoms with van der Waals surface area (Å²) in [6.45, 7) is 4.77. The average molecular weight is 326 g/mol. The molecule has 1 N–H and O–H groups in total. The van der Waals surface area contributed by atoms with Gasteiger partial charge in [-0.1, -0.05) is 37.2 Å². The summed E-state index contributed by atoms with van der Waals surface area (Å²) in [6, 6.07) is 5.35. The molecule has 1 saturated heterocycles. The van der Waals surface area contributed by atoms with Crippen molar-refractivity contribution in [2.75, 3.05) is 12.4 Å². The van der Waals surface area contributed by atoms with Crippen molar-refractivity contribution < 1.29 is 9.53 Å². The van der Waals surface area contributed by atoms with E-state index in [9.17, 15) is 4.79 Å². The number of amides is 1. The fraction of sp³-hybridized carbons (Fsp3) is 0.357. The molecule has 0 saturated carbocycles. The topological polar surface area (TPSA) is 63.1 Å². The maximum absolute atomic E-state index is 11.0. The fourth-order valence-electron chi connectivity index (χ4n) is 1.53. The highest BCUT2D eigenvalue weighted by Gasteiger charge is 2.16. The molecule has 5 nitrogen and oxygen atoms in total. The molecule has 112 valence electrons. The highest BCUT2D eigenvalue weighted by molar-refractivity contribution is 8.15. The number of nitrogens with one attached hydrogen (secondary N) is 1. The molecule has 0 aliphatic carbocycles. The third kappa shape index (κ3) is 5.06. The van der Waals surface area contributed by atoms with E-state index in [0.717, 1.165) is 5.56 Å². The first-order chi connectivity index (χ1) is 10.0. The van der Waals surface area contributed by atoms with E-state index in [1.807, 2.05) is 6.07 Å². The van der Waals surface area contributed by atoms with Crippen LogP contribution >= 0.6 is 23.4 Å². The second kappa shape index (κ2) is 7.47. The van der Waals surface area contributed by atoms with Gasteiger partial charge >= 0.3 is 0 Å². The molecule has 1 aromatic carbocycles. The molecule has 2 rings (SSSR count). The number of hydrogen-bond donors (Lipinski definition) is 1. The van der Waals surface area contributed by atoms with Crippen molar-refractivity contribution >= 4 is 40.7 Å². The second-order valence-electron chi connectivity index (χ2n) is 4.87. The summed E-state index contributed by atoms with van der Waals surface area (Å²) >= 11 is 7.32. The Kier molecular flexibility index (Phi) is 5.64. The zero-order chi connectivity index (χ0) is 15.2. The number of carbonyl (C=O) groups is 1. The minimum atomic E-state index is -0.0577. The predicted molar refractivity (Wildman–Crippen MR) is 87.4 cm³/mol. The van der Waals surface area contributed by atoms with Gasteiger partial charge in [0.15, 0.2) is 5.17 Å². The van der Waals surface area contributed by atoms with E-state index in [0.29, 0.717) is 34.2 Å². The first-order valence-corrected chi connectivity index (χ1v) is 7.87. The number of thioether (sulfide) groups is 1. The number of nitrogens with zero attached hydrogens (tertiary/aromatic N) is 2. The lowest BCUT2D eigenvalue weighted by molar-refractivity contribution is -0.116. The lowest BCUT2D eigenvalue weighted by Gasteiger charge is -2.11. The highest BCUT2D eigenvalue weighted by Crippen LogP contribution is 2.22. The second-order valence-corrected chi connectivity index (χ2v) is 6.27. The van der Waals surface area contributed by atoms with Gasteiger partial charge in [-0.15, -0.1) is 5.10 Å². The number of rotatable bonds is 5. The van der Waals surface area contributed by atoms with Gasteiger partial charge in [-0.25, -0.2) is 0 Å². The smallest absolute Gasteiger partial charge is 0.236 e. The van der Waals surface area contributed by atoms with Crippen molar-refractivity contribution in [2.24, 2.45) is 16.1 Å². The Bertz CT molecular complexity index is 588. The van der Waals surface area contributed by atoms with Crippen molar-refractivity contribution in [3.05, 3.63) is 28.8 Å². The van der Waals surface area contributed by atoms with Gasteiger partial charge in [-0.3, -0.25) is 4.79 Å². The van der Waals surface area contributed by atoms with Crippen LogP contribution in [-0.4, -0.2) is 29.6 Å². The van der Waals surface area contributed by atoms with Gasteiger partial charge in [-0.2, -0.15) is 5.10 Å². The first kappa shape index (κ1) is 15.9. The summed E-state index contributed by atoms with van der Waals surface area (Å²) in [4.78, 5) is 11.0. The number of halogens is 1. The molecule has 0 radical (unpaired) electrons. The lowest BCUT2D eigenvalue weighted by atomic mass is 10.2. The standard InChI is InChI=1S/C14H16ClN3O2S/c1-9(2)7-20-12-4-3-11(15)5-10(12)6-16-18-14-17-13(19)8-21-14/h3-6,9H,7-8H2,1-2H3,(H,17,18,19). The Morgan fingerprint density at radius 3 is 3.00 bits per heavy atom. The van der Waals surface area contributed by atoms with Gasteiger partial charge < -0.3 is 10.1 Å². The molecule has 0 aromatic heterocycles. The normalized spacial score (nSPS) is 17.0. The van der Waals surface area contributed by atoms with Crippen LogP contribution in [0.15, 0.2) is 28.4 Å². The highest BCUT2D eigenvalue weighted by atomic mass is 35.5.